The van der Waals surface area contributed by atoms with Gasteiger partial charge in [-0.3, -0.25) is 9.59 Å². The molecule has 0 saturated carbocycles. The standard InChI is InChI=1S/C27H30N6O5/c1-36-23-11-10-20(24(37-2)25(23)38-3)26(34)31-12-13-33(30)16-21(29)27(35)32-22(15-28)19-9-8-17-6-4-5-7-18(17)14-19/h4-11,14,16,22H,12-13,29-30H2,1-3H3,(H,31,34)(H,32,35)/b21-16-. The Hall–Kier alpha value is -4.95. The Kier molecular flexibility index (Phi) is 9.34. The molecule has 6 N–H and O–H groups in total. The van der Waals surface area contributed by atoms with Crippen molar-refractivity contribution in [3.8, 4) is 23.3 Å². The van der Waals surface area contributed by atoms with Crippen LogP contribution >= 0.6 is 0 Å². The minimum absolute atomic E-state index is 0.135. The fourth-order valence-corrected chi connectivity index (χ4v) is 3.77. The van der Waals surface area contributed by atoms with E-state index in [2.05, 4.69) is 16.7 Å². The number of benzene rings is 3. The predicted octanol–water partition coefficient (Wildman–Crippen LogP) is 1.95. The van der Waals surface area contributed by atoms with Crippen molar-refractivity contribution in [2.75, 3.05) is 34.4 Å². The van der Waals surface area contributed by atoms with Crippen LogP contribution in [0.25, 0.3) is 10.8 Å². The monoisotopic (exact) mass is 518 g/mol. The van der Waals surface area contributed by atoms with Crippen LogP contribution < -0.4 is 36.4 Å². The topological polar surface area (TPSA) is 165 Å². The van der Waals surface area contributed by atoms with Crippen LogP contribution in [-0.4, -0.2) is 51.2 Å². The highest BCUT2D eigenvalue weighted by atomic mass is 16.5. The van der Waals surface area contributed by atoms with Gasteiger partial charge in [0.2, 0.25) is 5.75 Å². The summed E-state index contributed by atoms with van der Waals surface area (Å²) >= 11 is 0. The molecule has 1 unspecified atom stereocenters. The summed E-state index contributed by atoms with van der Waals surface area (Å²) in [5.41, 5.74) is 6.58. The summed E-state index contributed by atoms with van der Waals surface area (Å²) in [6, 6.07) is 17.5. The SMILES string of the molecule is COc1ccc(C(=O)NCCN(N)/C=C(\N)C(=O)NC(C#N)c2ccc3ccccc3c2)c(OC)c1OC. The number of hydrazine groups is 1. The second-order valence-corrected chi connectivity index (χ2v) is 8.10. The van der Waals surface area contributed by atoms with Crippen molar-refractivity contribution in [3.05, 3.63) is 77.6 Å². The lowest BCUT2D eigenvalue weighted by atomic mass is 10.0. The van der Waals surface area contributed by atoms with E-state index in [0.29, 0.717) is 17.1 Å². The number of methoxy groups -OCH3 is 3. The summed E-state index contributed by atoms with van der Waals surface area (Å²) in [5.74, 6) is 5.81. The first kappa shape index (κ1) is 27.6. The first-order valence-corrected chi connectivity index (χ1v) is 11.6. The molecule has 0 spiro atoms. The predicted molar refractivity (Wildman–Crippen MR) is 142 cm³/mol. The Bertz CT molecular complexity index is 1380. The van der Waals surface area contributed by atoms with Gasteiger partial charge < -0.3 is 35.6 Å². The van der Waals surface area contributed by atoms with Crippen molar-refractivity contribution in [2.24, 2.45) is 11.6 Å². The third kappa shape index (κ3) is 6.43. The molecular weight excluding hydrogens is 488 g/mol. The number of nitrogens with one attached hydrogen (secondary N) is 2. The van der Waals surface area contributed by atoms with Crippen LogP contribution in [0.1, 0.15) is 22.0 Å². The van der Waals surface area contributed by atoms with Gasteiger partial charge in [0.25, 0.3) is 11.8 Å². The molecule has 1 atom stereocenters. The Labute approximate surface area is 220 Å². The summed E-state index contributed by atoms with van der Waals surface area (Å²) in [5, 5.41) is 18.1. The molecular formula is C27H30N6O5. The van der Waals surface area contributed by atoms with Crippen LogP contribution in [0.2, 0.25) is 0 Å². The minimum atomic E-state index is -0.902. The van der Waals surface area contributed by atoms with Gasteiger partial charge in [-0.2, -0.15) is 5.26 Å². The maximum Gasteiger partial charge on any atom is 0.270 e. The quantitative estimate of drug-likeness (QED) is 0.169. The fraction of sp³-hybridized carbons (Fsp3) is 0.222. The number of nitrogens with zero attached hydrogens (tertiary/aromatic N) is 2. The van der Waals surface area contributed by atoms with Gasteiger partial charge in [0, 0.05) is 12.7 Å². The average molecular weight is 519 g/mol. The highest BCUT2D eigenvalue weighted by Crippen LogP contribution is 2.39. The highest BCUT2D eigenvalue weighted by molar-refractivity contribution is 5.98. The average Bonchev–Trinajstić information content (AvgIpc) is 2.94. The number of carbonyl (C=O) groups excluding carboxylic acids is 2. The second kappa shape index (κ2) is 12.8. The van der Waals surface area contributed by atoms with Crippen molar-refractivity contribution in [1.82, 2.24) is 15.6 Å². The van der Waals surface area contributed by atoms with Gasteiger partial charge >= 0.3 is 0 Å². The van der Waals surface area contributed by atoms with E-state index in [1.54, 1.807) is 18.2 Å². The first-order chi connectivity index (χ1) is 18.3. The van der Waals surface area contributed by atoms with Gasteiger partial charge in [-0.05, 0) is 34.5 Å². The molecule has 3 aromatic carbocycles. The number of nitrogens with two attached hydrogens (primary N) is 2. The molecule has 0 aliphatic heterocycles. The molecule has 0 aliphatic rings. The number of hydrogen-bond donors (Lipinski definition) is 4. The van der Waals surface area contributed by atoms with E-state index in [9.17, 15) is 14.9 Å². The van der Waals surface area contributed by atoms with Gasteiger partial charge in [-0.25, -0.2) is 5.84 Å². The van der Waals surface area contributed by atoms with Crippen molar-refractivity contribution < 1.29 is 23.8 Å². The van der Waals surface area contributed by atoms with Crippen LogP contribution in [0.5, 0.6) is 17.2 Å². The van der Waals surface area contributed by atoms with E-state index in [0.717, 1.165) is 10.8 Å². The molecule has 11 nitrogen and oxygen atoms in total. The smallest absolute Gasteiger partial charge is 0.270 e. The van der Waals surface area contributed by atoms with Gasteiger partial charge in [0.15, 0.2) is 11.5 Å². The number of carbonyl (C=O) groups is 2. The Morgan fingerprint density at radius 1 is 1.03 bits per heavy atom. The van der Waals surface area contributed by atoms with Gasteiger partial charge in [0.05, 0.1) is 39.5 Å². The lowest BCUT2D eigenvalue weighted by Gasteiger charge is -2.18. The molecule has 0 saturated heterocycles. The van der Waals surface area contributed by atoms with Crippen molar-refractivity contribution in [3.63, 3.8) is 0 Å². The zero-order valence-corrected chi connectivity index (χ0v) is 21.4. The lowest BCUT2D eigenvalue weighted by Crippen LogP contribution is -2.38. The summed E-state index contributed by atoms with van der Waals surface area (Å²) in [4.78, 5) is 25.3. The molecule has 0 aromatic heterocycles. The number of amides is 2. The number of fused-ring (bicyclic) bond motifs is 1. The van der Waals surface area contributed by atoms with E-state index in [4.69, 9.17) is 25.8 Å². The molecule has 11 heteroatoms. The Morgan fingerprint density at radius 2 is 1.74 bits per heavy atom. The van der Waals surface area contributed by atoms with Crippen LogP contribution in [0, 0.1) is 11.3 Å². The molecule has 0 aliphatic carbocycles. The first-order valence-electron chi connectivity index (χ1n) is 11.6. The summed E-state index contributed by atoms with van der Waals surface area (Å²) in [6.07, 6.45) is 1.23. The number of nitriles is 1. The Balaban J connectivity index is 1.58. The number of rotatable bonds is 11. The third-order valence-electron chi connectivity index (χ3n) is 5.68. The largest absolute Gasteiger partial charge is 0.493 e. The maximum atomic E-state index is 12.7. The summed E-state index contributed by atoms with van der Waals surface area (Å²) in [7, 11) is 4.35. The summed E-state index contributed by atoms with van der Waals surface area (Å²) in [6.45, 7) is 0.276. The number of ether oxygens (including phenoxy) is 3. The maximum absolute atomic E-state index is 12.7. The summed E-state index contributed by atoms with van der Waals surface area (Å²) < 4.78 is 15.9. The highest BCUT2D eigenvalue weighted by Gasteiger charge is 2.21. The van der Waals surface area contributed by atoms with Gasteiger partial charge in [0.1, 0.15) is 11.7 Å². The van der Waals surface area contributed by atoms with E-state index in [-0.39, 0.29) is 30.1 Å². The third-order valence-corrected chi connectivity index (χ3v) is 5.68. The second-order valence-electron chi connectivity index (χ2n) is 8.10. The van der Waals surface area contributed by atoms with E-state index in [1.807, 2.05) is 36.4 Å². The molecule has 3 aromatic rings. The fourth-order valence-electron chi connectivity index (χ4n) is 3.77. The van der Waals surface area contributed by atoms with Crippen LogP contribution in [-0.2, 0) is 4.79 Å². The van der Waals surface area contributed by atoms with Gasteiger partial charge in [-0.1, -0.05) is 36.4 Å². The molecule has 0 bridgehead atoms. The molecule has 0 heterocycles. The zero-order chi connectivity index (χ0) is 27.7. The van der Waals surface area contributed by atoms with Crippen molar-refractivity contribution in [2.45, 2.75) is 6.04 Å². The zero-order valence-electron chi connectivity index (χ0n) is 21.4. The minimum Gasteiger partial charge on any atom is -0.493 e. The van der Waals surface area contributed by atoms with Crippen LogP contribution in [0.4, 0.5) is 0 Å². The number of hydrogen-bond acceptors (Lipinski definition) is 9. The van der Waals surface area contributed by atoms with Crippen LogP contribution in [0.3, 0.4) is 0 Å². The molecule has 38 heavy (non-hydrogen) atoms. The molecule has 0 radical (unpaired) electrons. The van der Waals surface area contributed by atoms with E-state index in [1.165, 1.54) is 32.5 Å². The van der Waals surface area contributed by atoms with Crippen molar-refractivity contribution >= 4 is 22.6 Å². The lowest BCUT2D eigenvalue weighted by molar-refractivity contribution is -0.118. The Morgan fingerprint density at radius 3 is 2.39 bits per heavy atom. The van der Waals surface area contributed by atoms with Gasteiger partial charge in [-0.15, -0.1) is 0 Å². The molecule has 198 valence electrons. The van der Waals surface area contributed by atoms with E-state index < -0.39 is 17.9 Å². The molecule has 2 amide bonds. The van der Waals surface area contributed by atoms with Crippen molar-refractivity contribution in [1.29, 1.82) is 5.26 Å². The molecule has 0 fully saturated rings. The van der Waals surface area contributed by atoms with E-state index >= 15 is 0 Å². The van der Waals surface area contributed by atoms with Crippen LogP contribution in [0.15, 0.2) is 66.5 Å². The molecule has 3 rings (SSSR count). The normalized spacial score (nSPS) is 11.7.